The van der Waals surface area contributed by atoms with Crippen LogP contribution in [0.5, 0.6) is 0 Å². The lowest BCUT2D eigenvalue weighted by Crippen LogP contribution is -2.65. The van der Waals surface area contributed by atoms with Crippen molar-refractivity contribution in [2.45, 2.75) is 77.0 Å². The Bertz CT molecular complexity index is 1240. The molecule has 3 heterocycles. The molecular formula is C24H48B3N8O9P3Si. The fraction of sp³-hybridized carbons (Fsp3) is 0.708. The number of guanidine groups is 1. The van der Waals surface area contributed by atoms with E-state index in [1.807, 2.05) is 18.7 Å². The van der Waals surface area contributed by atoms with E-state index in [-0.39, 0.29) is 82.1 Å². The lowest BCUT2D eigenvalue weighted by atomic mass is 9.77. The monoisotopic (exact) mass is 746 g/mol. The molecule has 0 aromatic carbocycles. The number of fused-ring (bicyclic) bond motifs is 1. The molecule has 4 unspecified atom stereocenters. The number of nitrogens with one attached hydrogen (secondary N) is 5. The van der Waals surface area contributed by atoms with Gasteiger partial charge in [0.05, 0.1) is 30.2 Å². The summed E-state index contributed by atoms with van der Waals surface area (Å²) in [6.07, 6.45) is -3.05. The molecule has 0 aliphatic carbocycles. The van der Waals surface area contributed by atoms with E-state index in [0.29, 0.717) is 0 Å². The van der Waals surface area contributed by atoms with Crippen LogP contribution in [0.2, 0.25) is 18.1 Å². The molecule has 3 aliphatic heterocycles. The van der Waals surface area contributed by atoms with E-state index in [1.54, 1.807) is 28.8 Å². The average molecular weight is 746 g/mol. The number of rotatable bonds is 16. The van der Waals surface area contributed by atoms with Gasteiger partial charge in [-0.05, 0) is 30.6 Å². The number of β-amino-alcohol motifs (C(OH)–C–C–N with tert-alkyl or cyclic N) is 1. The number of amides is 3. The van der Waals surface area contributed by atoms with Crippen LogP contribution in [0.3, 0.4) is 0 Å². The number of aliphatic imine (C=N–C) groups is 1. The molecule has 0 aromatic rings. The molecule has 3 aliphatic rings. The third-order valence-corrected chi connectivity index (χ3v) is 15.3. The van der Waals surface area contributed by atoms with E-state index >= 15 is 0 Å². The highest BCUT2D eigenvalue weighted by Crippen LogP contribution is 2.49. The topological polar surface area (TPSA) is 204 Å². The van der Waals surface area contributed by atoms with Crippen molar-refractivity contribution in [3.63, 3.8) is 0 Å². The minimum absolute atomic E-state index is 0.148. The van der Waals surface area contributed by atoms with Crippen LogP contribution in [0.1, 0.15) is 34.6 Å². The van der Waals surface area contributed by atoms with Gasteiger partial charge in [0.15, 0.2) is 32.3 Å². The maximum absolute atomic E-state index is 13.7. The van der Waals surface area contributed by atoms with Gasteiger partial charge in [0.2, 0.25) is 11.9 Å². The first-order valence-corrected chi connectivity index (χ1v) is 21.3. The van der Waals surface area contributed by atoms with Crippen molar-refractivity contribution in [1.29, 1.82) is 0 Å². The van der Waals surface area contributed by atoms with Gasteiger partial charge in [0.25, 0.3) is 0 Å². The maximum Gasteiger partial charge on any atom is 0.440 e. The summed E-state index contributed by atoms with van der Waals surface area (Å²) in [4.78, 5) is 67.1. The van der Waals surface area contributed by atoms with Crippen molar-refractivity contribution in [2.75, 3.05) is 19.6 Å². The van der Waals surface area contributed by atoms with Crippen LogP contribution in [0.4, 0.5) is 9.59 Å². The van der Waals surface area contributed by atoms with E-state index in [1.165, 1.54) is 0 Å². The van der Waals surface area contributed by atoms with Gasteiger partial charge in [0, 0.05) is 25.6 Å². The Morgan fingerprint density at radius 2 is 1.62 bits per heavy atom. The summed E-state index contributed by atoms with van der Waals surface area (Å²) >= 11 is 0. The average Bonchev–Trinajstić information content (AvgIpc) is 3.53. The lowest BCUT2D eigenvalue weighted by Gasteiger charge is -2.49. The standard InChI is InChI=1S/C24H48B3N8O9P3Si/c1-6-48(7-2,8-3)44-13(5)17-18-12(4)14(19(35(18)20(17)37)21(38)41-45-31-25)9-34-10-15(16(36)11-34)28-22(29-23(39)42-46-32-26)30-24(40)43-47-33-27/h12-13,15-18,31-33,36,45-47H,6-11,25-27H2,1-5H3,(H2,28,29,30,39,40)/t12-,13+,15+,16+,17?,18+/m0/s1. The summed E-state index contributed by atoms with van der Waals surface area (Å²) in [5.41, 5.74) is 0.983. The highest BCUT2D eigenvalue weighted by molar-refractivity contribution is 7.32. The third-order valence-electron chi connectivity index (χ3n) is 9.10. The number of likely N-dealkylation sites (tertiary alicyclic amines) is 1. The van der Waals surface area contributed by atoms with E-state index < -0.39 is 44.5 Å². The first-order chi connectivity index (χ1) is 22.9. The number of aliphatic hydroxyl groups is 1. The minimum Gasteiger partial charge on any atom is -0.428 e. The Morgan fingerprint density at radius 1 is 1.02 bits per heavy atom. The van der Waals surface area contributed by atoms with Crippen LogP contribution in [-0.2, 0) is 27.6 Å². The Morgan fingerprint density at radius 3 is 2.23 bits per heavy atom. The third kappa shape index (κ3) is 9.77. The normalized spacial score (nSPS) is 25.7. The predicted octanol–water partition coefficient (Wildman–Crippen LogP) is -1.54. The van der Waals surface area contributed by atoms with Crippen LogP contribution >= 0.6 is 26.9 Å². The summed E-state index contributed by atoms with van der Waals surface area (Å²) in [5, 5.41) is 16.3. The summed E-state index contributed by atoms with van der Waals surface area (Å²) in [7, 11) is 1.93. The quantitative estimate of drug-likeness (QED) is 0.0265. The fourth-order valence-corrected chi connectivity index (χ4v) is 10.2. The lowest BCUT2D eigenvalue weighted by molar-refractivity contribution is -0.161. The fourth-order valence-electron chi connectivity index (χ4n) is 6.52. The van der Waals surface area contributed by atoms with Crippen molar-refractivity contribution in [3.8, 4) is 0 Å². The van der Waals surface area contributed by atoms with Crippen molar-refractivity contribution in [1.82, 2.24) is 35.4 Å². The SMILES string of the molecule is BNPOC(=O)/N=C(/NC(=O)OPNB)N[C@@H]1CN(CC2=C(C(=O)OPNB)N3C(=O)C([C@@H](C)O[Si](CC)(CC)CC)[C@H]3[C@H]2C)C[C@H]1O. The van der Waals surface area contributed by atoms with Crippen LogP contribution < -0.4 is 25.6 Å². The van der Waals surface area contributed by atoms with E-state index in [2.05, 4.69) is 51.4 Å². The number of hydrogen-bond acceptors (Lipinski definition) is 13. The van der Waals surface area contributed by atoms with Gasteiger partial charge < -0.3 is 48.3 Å². The van der Waals surface area contributed by atoms with Crippen molar-refractivity contribution in [2.24, 2.45) is 16.8 Å². The Balaban J connectivity index is 1.81. The molecule has 2 saturated heterocycles. The molecule has 24 heteroatoms. The Hall–Kier alpha value is -1.65. The van der Waals surface area contributed by atoms with E-state index in [0.717, 1.165) is 23.7 Å². The van der Waals surface area contributed by atoms with Crippen LogP contribution in [-0.4, -0.2) is 121 Å². The predicted molar refractivity (Wildman–Crippen MR) is 197 cm³/mol. The first-order valence-electron chi connectivity index (χ1n) is 16.0. The van der Waals surface area contributed by atoms with Gasteiger partial charge in [-0.2, -0.15) is 0 Å². The molecule has 3 rings (SSSR count). The Kier molecular flexibility index (Phi) is 16.2. The molecule has 0 aromatic heterocycles. The number of carbonyl (C=O) groups excluding carboxylic acids is 4. The van der Waals surface area contributed by atoms with Gasteiger partial charge in [-0.15, -0.1) is 4.99 Å². The molecule has 2 fully saturated rings. The van der Waals surface area contributed by atoms with Crippen LogP contribution in [0.25, 0.3) is 0 Å². The smallest absolute Gasteiger partial charge is 0.428 e. The van der Waals surface area contributed by atoms with Gasteiger partial charge in [-0.1, -0.05) is 27.7 Å². The zero-order valence-corrected chi connectivity index (χ0v) is 32.8. The molecule has 266 valence electrons. The Labute approximate surface area is 291 Å². The highest BCUT2D eigenvalue weighted by Gasteiger charge is 2.61. The number of nitrogens with zero attached hydrogens (tertiary/aromatic N) is 3. The zero-order chi connectivity index (χ0) is 35.6. The van der Waals surface area contributed by atoms with Gasteiger partial charge in [-0.3, -0.25) is 15.0 Å². The summed E-state index contributed by atoms with van der Waals surface area (Å²) in [6.45, 7) is 11.2. The molecule has 3 amide bonds. The maximum atomic E-state index is 13.7. The molecule has 0 bridgehead atoms. The zero-order valence-electron chi connectivity index (χ0n) is 28.8. The molecule has 9 atom stereocenters. The first kappa shape index (κ1) is 40.8. The molecule has 0 saturated carbocycles. The van der Waals surface area contributed by atoms with Crippen LogP contribution in [0.15, 0.2) is 16.3 Å². The second kappa shape index (κ2) is 19.1. The van der Waals surface area contributed by atoms with Crippen molar-refractivity contribution in [3.05, 3.63) is 11.3 Å². The molecular weight excluding hydrogens is 698 g/mol. The van der Waals surface area contributed by atoms with E-state index in [4.69, 9.17) is 18.0 Å². The van der Waals surface area contributed by atoms with Crippen LogP contribution in [0, 0.1) is 11.8 Å². The molecule has 17 nitrogen and oxygen atoms in total. The van der Waals surface area contributed by atoms with Gasteiger partial charge in [-0.25, -0.2) is 14.4 Å². The summed E-state index contributed by atoms with van der Waals surface area (Å²) in [5.74, 6) is -1.54. The van der Waals surface area contributed by atoms with Gasteiger partial charge in [0.1, 0.15) is 32.6 Å². The summed E-state index contributed by atoms with van der Waals surface area (Å²) < 4.78 is 22.1. The molecule has 0 radical (unpaired) electrons. The molecule has 6 N–H and O–H groups in total. The van der Waals surface area contributed by atoms with Crippen molar-refractivity contribution >= 4 is 89.2 Å². The highest BCUT2D eigenvalue weighted by atomic mass is 31.1. The number of aliphatic hydroxyl groups excluding tert-OH is 1. The number of β-lactam (4-membered cyclic amide) rings is 1. The van der Waals surface area contributed by atoms with Gasteiger partial charge >= 0.3 is 18.2 Å². The number of carbonyl (C=O) groups is 4. The minimum atomic E-state index is -1.99. The summed E-state index contributed by atoms with van der Waals surface area (Å²) in [6, 6.07) is 1.97. The largest absolute Gasteiger partial charge is 0.440 e. The van der Waals surface area contributed by atoms with E-state index in [9.17, 15) is 24.3 Å². The second-order valence-electron chi connectivity index (χ2n) is 11.8. The molecule has 48 heavy (non-hydrogen) atoms. The second-order valence-corrected chi connectivity index (χ2v) is 19.2. The van der Waals surface area contributed by atoms with Crippen molar-refractivity contribution < 1.29 is 42.3 Å². The number of hydrogen-bond donors (Lipinski definition) is 6. The molecule has 0 spiro atoms.